The highest BCUT2D eigenvalue weighted by molar-refractivity contribution is 7.99. The van der Waals surface area contributed by atoms with Gasteiger partial charge in [-0.05, 0) is 34.7 Å². The Balaban J connectivity index is 1.65. The highest BCUT2D eigenvalue weighted by atomic mass is 35.5. The van der Waals surface area contributed by atoms with Crippen LogP contribution in [0.3, 0.4) is 0 Å². The van der Waals surface area contributed by atoms with Gasteiger partial charge in [0.25, 0.3) is 0 Å². The quantitative estimate of drug-likeness (QED) is 0.686. The van der Waals surface area contributed by atoms with Crippen LogP contribution in [-0.4, -0.2) is 46.7 Å². The standard InChI is InChI=1S/C11H9ClN8OS/c12-8-1-3-9(4-2-8)20-11(15-17-18-20)22-5-10(21)16-19-6-13-14-7-19/h1-4,6-7H,5H2,(H,16,21). The largest absolute Gasteiger partial charge is 0.272 e. The number of carbonyl (C=O) groups excluding carboxylic acids is 1. The van der Waals surface area contributed by atoms with Gasteiger partial charge in [-0.2, -0.15) is 4.68 Å². The van der Waals surface area contributed by atoms with Crippen LogP contribution < -0.4 is 5.43 Å². The lowest BCUT2D eigenvalue weighted by atomic mass is 10.3. The molecule has 0 bridgehead atoms. The number of aromatic nitrogens is 7. The lowest BCUT2D eigenvalue weighted by Gasteiger charge is -2.05. The predicted octanol–water partition coefficient (Wildman–Crippen LogP) is 0.770. The minimum atomic E-state index is -0.226. The van der Waals surface area contributed by atoms with E-state index < -0.39 is 0 Å². The molecule has 112 valence electrons. The van der Waals surface area contributed by atoms with E-state index in [4.69, 9.17) is 11.6 Å². The average Bonchev–Trinajstić information content (AvgIpc) is 3.17. The zero-order valence-corrected chi connectivity index (χ0v) is 12.6. The van der Waals surface area contributed by atoms with Crippen LogP contribution in [0.25, 0.3) is 5.69 Å². The minimum absolute atomic E-state index is 0.145. The van der Waals surface area contributed by atoms with Crippen molar-refractivity contribution in [1.82, 2.24) is 35.1 Å². The second-order valence-electron chi connectivity index (χ2n) is 4.04. The first-order valence-corrected chi connectivity index (χ1v) is 7.40. The van der Waals surface area contributed by atoms with Crippen LogP contribution in [0.4, 0.5) is 0 Å². The maximum atomic E-state index is 11.8. The number of carbonyl (C=O) groups is 1. The number of hydrogen-bond donors (Lipinski definition) is 1. The molecule has 0 spiro atoms. The van der Waals surface area contributed by atoms with Crippen molar-refractivity contribution in [3.05, 3.63) is 41.9 Å². The molecule has 0 saturated heterocycles. The summed E-state index contributed by atoms with van der Waals surface area (Å²) in [5.41, 5.74) is 3.35. The van der Waals surface area contributed by atoms with E-state index in [2.05, 4.69) is 31.1 Å². The molecule has 3 aromatic rings. The monoisotopic (exact) mass is 336 g/mol. The van der Waals surface area contributed by atoms with E-state index in [1.165, 1.54) is 33.8 Å². The molecular weight excluding hydrogens is 328 g/mol. The average molecular weight is 337 g/mol. The molecule has 11 heteroatoms. The molecule has 0 unspecified atom stereocenters. The van der Waals surface area contributed by atoms with Gasteiger partial charge in [-0.15, -0.1) is 15.3 Å². The summed E-state index contributed by atoms with van der Waals surface area (Å²) >= 11 is 7.06. The Morgan fingerprint density at radius 2 is 1.95 bits per heavy atom. The Bertz CT molecular complexity index is 757. The fraction of sp³-hybridized carbons (Fsp3) is 0.0909. The summed E-state index contributed by atoms with van der Waals surface area (Å²) in [6.07, 6.45) is 2.78. The summed E-state index contributed by atoms with van der Waals surface area (Å²) in [7, 11) is 0. The maximum absolute atomic E-state index is 11.8. The van der Waals surface area contributed by atoms with Gasteiger partial charge in [-0.1, -0.05) is 23.4 Å². The molecule has 2 aromatic heterocycles. The number of benzene rings is 1. The molecule has 0 fully saturated rings. The number of thioether (sulfide) groups is 1. The molecule has 3 rings (SSSR count). The molecule has 0 aliphatic rings. The van der Waals surface area contributed by atoms with Crippen molar-refractivity contribution in [2.45, 2.75) is 5.16 Å². The molecule has 2 heterocycles. The second kappa shape index (κ2) is 6.54. The van der Waals surface area contributed by atoms with Crippen molar-refractivity contribution < 1.29 is 4.79 Å². The fourth-order valence-corrected chi connectivity index (χ4v) is 2.39. The van der Waals surface area contributed by atoms with Crippen molar-refractivity contribution in [2.75, 3.05) is 11.2 Å². The van der Waals surface area contributed by atoms with Crippen molar-refractivity contribution in [1.29, 1.82) is 0 Å². The van der Waals surface area contributed by atoms with Crippen molar-refractivity contribution in [3.63, 3.8) is 0 Å². The van der Waals surface area contributed by atoms with Crippen molar-refractivity contribution >= 4 is 29.3 Å². The van der Waals surface area contributed by atoms with Crippen LogP contribution in [0.5, 0.6) is 0 Å². The third kappa shape index (κ3) is 3.40. The summed E-state index contributed by atoms with van der Waals surface area (Å²) in [6, 6.07) is 7.07. The fourth-order valence-electron chi connectivity index (χ4n) is 1.58. The van der Waals surface area contributed by atoms with Crippen LogP contribution in [0.2, 0.25) is 5.02 Å². The van der Waals surface area contributed by atoms with E-state index in [1.807, 2.05) is 0 Å². The highest BCUT2D eigenvalue weighted by Crippen LogP contribution is 2.19. The van der Waals surface area contributed by atoms with Crippen LogP contribution >= 0.6 is 23.4 Å². The van der Waals surface area contributed by atoms with Gasteiger partial charge >= 0.3 is 0 Å². The number of amides is 1. The van der Waals surface area contributed by atoms with Gasteiger partial charge in [-0.3, -0.25) is 10.2 Å². The van der Waals surface area contributed by atoms with Gasteiger partial charge in [0.1, 0.15) is 12.7 Å². The summed E-state index contributed by atoms with van der Waals surface area (Å²) in [5, 5.41) is 19.7. The normalized spacial score (nSPS) is 10.6. The zero-order valence-electron chi connectivity index (χ0n) is 11.0. The minimum Gasteiger partial charge on any atom is -0.272 e. The Morgan fingerprint density at radius 3 is 2.68 bits per heavy atom. The number of rotatable bonds is 5. The van der Waals surface area contributed by atoms with Crippen molar-refractivity contribution in [2.24, 2.45) is 0 Å². The molecule has 0 atom stereocenters. The molecular formula is C11H9ClN8OS. The molecule has 0 saturated carbocycles. The van der Waals surface area contributed by atoms with Crippen LogP contribution in [0.1, 0.15) is 0 Å². The van der Waals surface area contributed by atoms with Gasteiger partial charge in [0.15, 0.2) is 0 Å². The van der Waals surface area contributed by atoms with E-state index in [9.17, 15) is 4.79 Å². The van der Waals surface area contributed by atoms with Gasteiger partial charge in [-0.25, -0.2) is 4.68 Å². The van der Waals surface area contributed by atoms with E-state index >= 15 is 0 Å². The highest BCUT2D eigenvalue weighted by Gasteiger charge is 2.11. The molecule has 1 amide bonds. The SMILES string of the molecule is O=C(CSc1nnnn1-c1ccc(Cl)cc1)Nn1cnnc1. The summed E-state index contributed by atoms with van der Waals surface area (Å²) in [6.45, 7) is 0. The Kier molecular flexibility index (Phi) is 4.30. The molecule has 22 heavy (non-hydrogen) atoms. The van der Waals surface area contributed by atoms with Crippen LogP contribution in [0.15, 0.2) is 42.1 Å². The van der Waals surface area contributed by atoms with Gasteiger partial charge in [0.2, 0.25) is 11.1 Å². The maximum Gasteiger partial charge on any atom is 0.249 e. The molecule has 1 aromatic carbocycles. The van der Waals surface area contributed by atoms with E-state index in [-0.39, 0.29) is 11.7 Å². The van der Waals surface area contributed by atoms with Gasteiger partial charge in [0, 0.05) is 5.02 Å². The first-order chi connectivity index (χ1) is 10.7. The van der Waals surface area contributed by atoms with E-state index in [1.54, 1.807) is 24.3 Å². The van der Waals surface area contributed by atoms with Gasteiger partial charge < -0.3 is 0 Å². The predicted molar refractivity (Wildman–Crippen MR) is 79.3 cm³/mol. The third-order valence-corrected chi connectivity index (χ3v) is 3.69. The molecule has 0 radical (unpaired) electrons. The summed E-state index contributed by atoms with van der Waals surface area (Å²) in [4.78, 5) is 11.8. The number of hydrogen-bond acceptors (Lipinski definition) is 7. The number of nitrogens with one attached hydrogen (secondary N) is 1. The first kappa shape index (κ1) is 14.5. The molecule has 9 nitrogen and oxygen atoms in total. The van der Waals surface area contributed by atoms with Crippen LogP contribution in [-0.2, 0) is 4.79 Å². The van der Waals surface area contributed by atoms with E-state index in [0.717, 1.165) is 5.69 Å². The molecule has 1 N–H and O–H groups in total. The Hall–Kier alpha value is -2.46. The number of halogens is 1. The second-order valence-corrected chi connectivity index (χ2v) is 5.42. The summed E-state index contributed by atoms with van der Waals surface area (Å²) < 4.78 is 2.90. The summed E-state index contributed by atoms with van der Waals surface area (Å²) in [5.74, 6) is -0.0814. The number of tetrazole rings is 1. The lowest BCUT2D eigenvalue weighted by Crippen LogP contribution is -2.23. The van der Waals surface area contributed by atoms with Crippen molar-refractivity contribution in [3.8, 4) is 5.69 Å². The van der Waals surface area contributed by atoms with E-state index in [0.29, 0.717) is 10.2 Å². The lowest BCUT2D eigenvalue weighted by molar-refractivity contribution is -0.114. The number of nitrogens with zero attached hydrogens (tertiary/aromatic N) is 7. The Morgan fingerprint density at radius 1 is 1.23 bits per heavy atom. The topological polar surface area (TPSA) is 103 Å². The zero-order chi connectivity index (χ0) is 15.4. The Labute approximate surface area is 133 Å². The molecule has 0 aliphatic carbocycles. The first-order valence-electron chi connectivity index (χ1n) is 6.04. The third-order valence-electron chi connectivity index (χ3n) is 2.52. The molecule has 0 aliphatic heterocycles. The smallest absolute Gasteiger partial charge is 0.249 e. The van der Waals surface area contributed by atoms with Gasteiger partial charge in [0.05, 0.1) is 11.4 Å². The van der Waals surface area contributed by atoms with Crippen LogP contribution in [0, 0.1) is 0 Å².